The third-order valence-electron chi connectivity index (χ3n) is 4.64. The molecule has 0 unspecified atom stereocenters. The Labute approximate surface area is 153 Å². The highest BCUT2D eigenvalue weighted by Gasteiger charge is 2.26. The van der Waals surface area contributed by atoms with Crippen LogP contribution in [0.3, 0.4) is 0 Å². The van der Waals surface area contributed by atoms with Gasteiger partial charge in [-0.05, 0) is 37.1 Å². The first kappa shape index (κ1) is 19.1. The fourth-order valence-electron chi connectivity index (χ4n) is 2.95. The monoisotopic (exact) mass is 375 g/mol. The second-order valence-electron chi connectivity index (χ2n) is 6.60. The maximum Gasteiger partial charge on any atom is 0.349 e. The van der Waals surface area contributed by atoms with E-state index in [1.54, 1.807) is 6.07 Å². The van der Waals surface area contributed by atoms with Crippen molar-refractivity contribution in [2.45, 2.75) is 38.6 Å². The molecular formula is C17H21N5O5. The molecule has 27 heavy (non-hydrogen) atoms. The predicted molar refractivity (Wildman–Crippen MR) is 97.6 cm³/mol. The summed E-state index contributed by atoms with van der Waals surface area (Å²) in [5, 5.41) is 28.8. The van der Waals surface area contributed by atoms with E-state index in [0.717, 1.165) is 11.1 Å². The van der Waals surface area contributed by atoms with Crippen LogP contribution in [0.15, 0.2) is 21.7 Å². The van der Waals surface area contributed by atoms with Gasteiger partial charge in [0.05, 0.1) is 29.8 Å². The highest BCUT2D eigenvalue weighted by molar-refractivity contribution is 5.81. The summed E-state index contributed by atoms with van der Waals surface area (Å²) < 4.78 is 1.53. The smallest absolute Gasteiger partial charge is 0.349 e. The fourth-order valence-corrected chi connectivity index (χ4v) is 2.95. The van der Waals surface area contributed by atoms with Gasteiger partial charge in [-0.25, -0.2) is 9.78 Å². The van der Waals surface area contributed by atoms with Gasteiger partial charge in [0.2, 0.25) is 0 Å². The van der Waals surface area contributed by atoms with Gasteiger partial charge in [-0.2, -0.15) is 4.98 Å². The fraction of sp³-hybridized carbons (Fsp3) is 0.412. The molecule has 2 aliphatic heterocycles. The number of hydrogen-bond acceptors (Lipinski definition) is 8. The topological polar surface area (TPSA) is 167 Å². The molecule has 6 N–H and O–H groups in total. The van der Waals surface area contributed by atoms with E-state index >= 15 is 0 Å². The number of nitrogens with two attached hydrogens (primary N) is 1. The lowest BCUT2D eigenvalue weighted by Crippen LogP contribution is -2.47. The second-order valence-corrected chi connectivity index (χ2v) is 6.60. The molecule has 3 rings (SSSR count). The molecule has 10 nitrogen and oxygen atoms in total. The number of aryl methyl sites for hydroxylation is 2. The van der Waals surface area contributed by atoms with Crippen LogP contribution in [0.25, 0.3) is 22.6 Å². The quantitative estimate of drug-likeness (QED) is 0.327. The van der Waals surface area contributed by atoms with E-state index < -0.39 is 36.1 Å². The minimum absolute atomic E-state index is 0.0284. The highest BCUT2D eigenvalue weighted by atomic mass is 16.4. The minimum atomic E-state index is -1.42. The molecule has 0 radical (unpaired) electrons. The average molecular weight is 375 g/mol. The van der Waals surface area contributed by atoms with Gasteiger partial charge >= 0.3 is 5.69 Å². The Morgan fingerprint density at radius 2 is 1.85 bits per heavy atom. The molecule has 1 aromatic carbocycles. The van der Waals surface area contributed by atoms with Crippen LogP contribution in [0.5, 0.6) is 0 Å². The Morgan fingerprint density at radius 3 is 2.52 bits per heavy atom. The van der Waals surface area contributed by atoms with E-state index in [9.17, 15) is 19.8 Å². The molecule has 0 amide bonds. The van der Waals surface area contributed by atoms with Crippen LogP contribution in [-0.2, 0) is 6.54 Å². The predicted octanol–water partition coefficient (Wildman–Crippen LogP) is -1.76. The maximum absolute atomic E-state index is 12.2. The summed E-state index contributed by atoms with van der Waals surface area (Å²) in [5.74, 6) is 0.0284. The van der Waals surface area contributed by atoms with Gasteiger partial charge in [0, 0.05) is 6.54 Å². The van der Waals surface area contributed by atoms with Gasteiger partial charge in [-0.15, -0.1) is 0 Å². The lowest BCUT2D eigenvalue weighted by Gasteiger charge is -2.25. The molecule has 1 aromatic rings. The highest BCUT2D eigenvalue weighted by Crippen LogP contribution is 2.24. The van der Waals surface area contributed by atoms with Crippen molar-refractivity contribution in [1.29, 1.82) is 0 Å². The number of hydrogen-bond donors (Lipinski definition) is 5. The Kier molecular flexibility index (Phi) is 5.07. The Morgan fingerprint density at radius 1 is 1.19 bits per heavy atom. The number of nitrogens with zero attached hydrogens (tertiary/aromatic N) is 3. The Bertz CT molecular complexity index is 1080. The molecule has 0 fully saturated rings. The van der Waals surface area contributed by atoms with Crippen molar-refractivity contribution in [1.82, 2.24) is 19.5 Å². The molecule has 0 saturated carbocycles. The molecular weight excluding hydrogens is 354 g/mol. The van der Waals surface area contributed by atoms with Crippen molar-refractivity contribution >= 4 is 11.0 Å². The summed E-state index contributed by atoms with van der Waals surface area (Å²) in [7, 11) is 0. The number of aromatic nitrogens is 4. The first-order valence-corrected chi connectivity index (χ1v) is 8.37. The van der Waals surface area contributed by atoms with Crippen LogP contribution in [-0.4, -0.2) is 59.7 Å². The van der Waals surface area contributed by atoms with E-state index in [1.165, 1.54) is 4.57 Å². The number of fused-ring (bicyclic) bond motifs is 2. The van der Waals surface area contributed by atoms with Crippen molar-refractivity contribution in [2.75, 3.05) is 6.61 Å². The van der Waals surface area contributed by atoms with Gasteiger partial charge in [-0.1, -0.05) is 0 Å². The number of rotatable bonds is 5. The summed E-state index contributed by atoms with van der Waals surface area (Å²) in [5.41, 5.74) is 7.46. The van der Waals surface area contributed by atoms with Gasteiger partial charge in [-0.3, -0.25) is 9.78 Å². The van der Waals surface area contributed by atoms with Crippen LogP contribution in [0.2, 0.25) is 0 Å². The van der Waals surface area contributed by atoms with E-state index in [4.69, 9.17) is 10.8 Å². The van der Waals surface area contributed by atoms with Crippen LogP contribution < -0.4 is 17.0 Å². The molecule has 0 aromatic heterocycles. The lowest BCUT2D eigenvalue weighted by atomic mass is 10.1. The second kappa shape index (κ2) is 7.16. The van der Waals surface area contributed by atoms with Crippen molar-refractivity contribution in [3.63, 3.8) is 0 Å². The summed E-state index contributed by atoms with van der Waals surface area (Å²) in [6.45, 7) is 3.09. The van der Waals surface area contributed by atoms with Gasteiger partial charge in [0.25, 0.3) is 5.56 Å². The van der Waals surface area contributed by atoms with Crippen LogP contribution in [0.1, 0.15) is 11.1 Å². The minimum Gasteiger partial charge on any atom is -0.394 e. The van der Waals surface area contributed by atoms with E-state index in [2.05, 4.69) is 15.0 Å². The van der Waals surface area contributed by atoms with Crippen molar-refractivity contribution in [3.8, 4) is 11.5 Å². The third-order valence-corrected chi connectivity index (χ3v) is 4.64. The summed E-state index contributed by atoms with van der Waals surface area (Å²) in [4.78, 5) is 34.2. The molecule has 0 spiro atoms. The van der Waals surface area contributed by atoms with Gasteiger partial charge in [0.15, 0.2) is 11.5 Å². The zero-order chi connectivity index (χ0) is 19.9. The first-order valence-electron chi connectivity index (χ1n) is 8.37. The zero-order valence-electron chi connectivity index (χ0n) is 14.9. The SMILES string of the molecule is Cc1cc2nc3c(=O)[nH]c(=O)nc-3n(C[C@H](N)[C@H](O)[C@H](O)CO)c2cc1C. The van der Waals surface area contributed by atoms with Crippen LogP contribution >= 0.6 is 0 Å². The third kappa shape index (κ3) is 3.47. The number of aromatic amines is 1. The molecule has 0 bridgehead atoms. The van der Waals surface area contributed by atoms with E-state index in [0.29, 0.717) is 11.0 Å². The normalized spacial score (nSPS) is 15.2. The summed E-state index contributed by atoms with van der Waals surface area (Å²) >= 11 is 0. The molecule has 10 heteroatoms. The van der Waals surface area contributed by atoms with Crippen molar-refractivity contribution in [3.05, 3.63) is 44.1 Å². The van der Waals surface area contributed by atoms with E-state index in [-0.39, 0.29) is 18.1 Å². The standard InChI is InChI=1S/C17H21N5O5/c1-7-3-10-11(4-8(7)2)22(5-9(18)14(25)12(24)6-23)15-13(19-10)16(26)21-17(27)20-15/h3-4,9,12,14,23-25H,5-6,18H2,1-2H3,(H,21,26,27)/t9-,12+,14-/m0/s1. The summed E-state index contributed by atoms with van der Waals surface area (Å²) in [6, 6.07) is 2.63. The Balaban J connectivity index is 2.28. The summed E-state index contributed by atoms with van der Waals surface area (Å²) in [6.07, 6.45) is -2.84. The van der Waals surface area contributed by atoms with E-state index in [1.807, 2.05) is 19.9 Å². The lowest BCUT2D eigenvalue weighted by molar-refractivity contribution is -0.0279. The Hall–Kier alpha value is -2.66. The number of H-pyrrole nitrogens is 1. The van der Waals surface area contributed by atoms with Crippen LogP contribution in [0.4, 0.5) is 0 Å². The van der Waals surface area contributed by atoms with Gasteiger partial charge < -0.3 is 25.6 Å². The molecule has 144 valence electrons. The maximum atomic E-state index is 12.2. The number of aliphatic hydroxyl groups is 3. The number of nitrogens with one attached hydrogen (secondary N) is 1. The zero-order valence-corrected chi connectivity index (χ0v) is 14.9. The molecule has 0 saturated heterocycles. The van der Waals surface area contributed by atoms with Crippen LogP contribution in [0, 0.1) is 13.8 Å². The molecule has 2 aliphatic rings. The molecule has 2 heterocycles. The van der Waals surface area contributed by atoms with Gasteiger partial charge in [0.1, 0.15) is 6.10 Å². The van der Waals surface area contributed by atoms with Crippen molar-refractivity contribution < 1.29 is 15.3 Å². The first-order chi connectivity index (χ1) is 12.7. The number of benzene rings is 1. The van der Waals surface area contributed by atoms with Crippen molar-refractivity contribution in [2.24, 2.45) is 5.73 Å². The molecule has 3 atom stereocenters. The number of aliphatic hydroxyl groups excluding tert-OH is 3. The largest absolute Gasteiger partial charge is 0.394 e. The molecule has 0 aliphatic carbocycles. The average Bonchev–Trinajstić information content (AvgIpc) is 2.62.